The maximum Gasteiger partial charge on any atom is 0.191 e. The first-order chi connectivity index (χ1) is 15.7. The van der Waals surface area contributed by atoms with Crippen LogP contribution in [0.3, 0.4) is 0 Å². The summed E-state index contributed by atoms with van der Waals surface area (Å²) in [6, 6.07) is 16.9. The Kier molecular flexibility index (Phi) is 9.53. The van der Waals surface area contributed by atoms with E-state index in [1.807, 2.05) is 18.5 Å². The van der Waals surface area contributed by atoms with Gasteiger partial charge in [-0.1, -0.05) is 36.4 Å². The molecule has 0 aliphatic carbocycles. The fraction of sp³-hybridized carbons (Fsp3) is 0.440. The number of guanidine groups is 1. The number of fused-ring (bicyclic) bond motifs is 1. The zero-order valence-corrected chi connectivity index (χ0v) is 19.6. The first kappa shape index (κ1) is 23.8. The third-order valence-electron chi connectivity index (χ3n) is 5.34. The van der Waals surface area contributed by atoms with Gasteiger partial charge in [0, 0.05) is 46.4 Å². The number of methoxy groups -OCH3 is 1. The van der Waals surface area contributed by atoms with Crippen LogP contribution in [0.25, 0.3) is 11.0 Å². The van der Waals surface area contributed by atoms with Crippen molar-refractivity contribution >= 4 is 17.0 Å². The van der Waals surface area contributed by atoms with Gasteiger partial charge in [0.25, 0.3) is 0 Å². The van der Waals surface area contributed by atoms with Crippen LogP contribution in [0.4, 0.5) is 0 Å². The van der Waals surface area contributed by atoms with Crippen LogP contribution < -0.4 is 10.6 Å². The van der Waals surface area contributed by atoms with Crippen LogP contribution in [0.1, 0.15) is 24.5 Å². The molecule has 1 heterocycles. The molecule has 0 aliphatic rings. The Morgan fingerprint density at radius 3 is 2.62 bits per heavy atom. The first-order valence-corrected chi connectivity index (χ1v) is 11.4. The molecular weight excluding hydrogens is 400 g/mol. The molecule has 3 rings (SSSR count). The van der Waals surface area contributed by atoms with Crippen molar-refractivity contribution in [3.8, 4) is 0 Å². The van der Waals surface area contributed by atoms with Crippen molar-refractivity contribution in [2.75, 3.05) is 46.9 Å². The highest BCUT2D eigenvalue weighted by Gasteiger charge is 2.04. The maximum absolute atomic E-state index is 5.12. The van der Waals surface area contributed by atoms with Gasteiger partial charge >= 0.3 is 0 Å². The van der Waals surface area contributed by atoms with E-state index in [2.05, 4.69) is 75.5 Å². The molecule has 0 bridgehead atoms. The summed E-state index contributed by atoms with van der Waals surface area (Å²) in [7, 11) is 3.88. The molecule has 0 unspecified atom stereocenters. The van der Waals surface area contributed by atoms with E-state index in [9.17, 15) is 0 Å². The summed E-state index contributed by atoms with van der Waals surface area (Å²) in [5, 5.41) is 6.75. The second kappa shape index (κ2) is 12.8. The van der Waals surface area contributed by atoms with Crippen LogP contribution in [0.15, 0.2) is 59.9 Å². The SMILES string of the molecule is CCNC(=NCc1ccc(Cn2cnc3ccccc32)cc1)NCCN(C)CCCOC. The van der Waals surface area contributed by atoms with Gasteiger partial charge in [-0.05, 0) is 43.7 Å². The molecule has 0 fully saturated rings. The number of hydrogen-bond acceptors (Lipinski definition) is 4. The average Bonchev–Trinajstić information content (AvgIpc) is 3.21. The Hall–Kier alpha value is -2.90. The second-order valence-electron chi connectivity index (χ2n) is 7.95. The minimum absolute atomic E-state index is 0.646. The van der Waals surface area contributed by atoms with Crippen LogP contribution in [-0.2, 0) is 17.8 Å². The standard InChI is InChI=1S/C25H36N6O/c1-4-26-25(27-14-16-30(2)15-7-17-32-3)28-18-21-10-12-22(13-11-21)19-31-20-29-23-8-5-6-9-24(23)31/h5-6,8-13,20H,4,7,14-19H2,1-3H3,(H2,26,27,28). The molecule has 2 aromatic carbocycles. The Labute approximate surface area is 191 Å². The smallest absolute Gasteiger partial charge is 0.191 e. The van der Waals surface area contributed by atoms with E-state index in [4.69, 9.17) is 9.73 Å². The van der Waals surface area contributed by atoms with Gasteiger partial charge in [0.2, 0.25) is 0 Å². The van der Waals surface area contributed by atoms with Crippen molar-refractivity contribution < 1.29 is 4.74 Å². The van der Waals surface area contributed by atoms with E-state index in [1.54, 1.807) is 7.11 Å². The predicted molar refractivity (Wildman–Crippen MR) is 132 cm³/mol. The molecule has 2 N–H and O–H groups in total. The van der Waals surface area contributed by atoms with Crippen molar-refractivity contribution in [3.05, 3.63) is 66.0 Å². The van der Waals surface area contributed by atoms with Crippen molar-refractivity contribution in [3.63, 3.8) is 0 Å². The minimum Gasteiger partial charge on any atom is -0.385 e. The van der Waals surface area contributed by atoms with Gasteiger partial charge in [-0.15, -0.1) is 0 Å². The number of rotatable bonds is 12. The summed E-state index contributed by atoms with van der Waals surface area (Å²) >= 11 is 0. The largest absolute Gasteiger partial charge is 0.385 e. The minimum atomic E-state index is 0.646. The average molecular weight is 437 g/mol. The Balaban J connectivity index is 1.50. The van der Waals surface area contributed by atoms with Gasteiger partial charge in [0.1, 0.15) is 0 Å². The third-order valence-corrected chi connectivity index (χ3v) is 5.34. The molecule has 0 radical (unpaired) electrons. The predicted octanol–water partition coefficient (Wildman–Crippen LogP) is 3.11. The van der Waals surface area contributed by atoms with E-state index in [0.29, 0.717) is 6.54 Å². The Bertz CT molecular complexity index is 966. The summed E-state index contributed by atoms with van der Waals surface area (Å²) in [5.41, 5.74) is 4.63. The van der Waals surface area contributed by atoms with Crippen molar-refractivity contribution in [1.29, 1.82) is 0 Å². The van der Waals surface area contributed by atoms with Crippen LogP contribution in [0.5, 0.6) is 0 Å². The summed E-state index contributed by atoms with van der Waals surface area (Å²) in [5.74, 6) is 0.853. The van der Waals surface area contributed by atoms with E-state index in [1.165, 1.54) is 11.1 Å². The van der Waals surface area contributed by atoms with E-state index >= 15 is 0 Å². The number of hydrogen-bond donors (Lipinski definition) is 2. The molecule has 0 amide bonds. The Morgan fingerprint density at radius 1 is 1.06 bits per heavy atom. The molecule has 7 heteroatoms. The molecule has 1 aromatic heterocycles. The summed E-state index contributed by atoms with van der Waals surface area (Å²) in [4.78, 5) is 11.5. The lowest BCUT2D eigenvalue weighted by Crippen LogP contribution is -2.41. The lowest BCUT2D eigenvalue weighted by atomic mass is 10.1. The lowest BCUT2D eigenvalue weighted by molar-refractivity contribution is 0.180. The molecule has 32 heavy (non-hydrogen) atoms. The highest BCUT2D eigenvalue weighted by atomic mass is 16.5. The normalized spacial score (nSPS) is 11.9. The topological polar surface area (TPSA) is 66.7 Å². The number of para-hydroxylation sites is 2. The fourth-order valence-corrected chi connectivity index (χ4v) is 3.55. The van der Waals surface area contributed by atoms with Crippen molar-refractivity contribution in [2.45, 2.75) is 26.4 Å². The monoisotopic (exact) mass is 436 g/mol. The number of benzene rings is 2. The van der Waals surface area contributed by atoms with Gasteiger partial charge in [-0.3, -0.25) is 0 Å². The highest BCUT2D eigenvalue weighted by molar-refractivity contribution is 5.79. The summed E-state index contributed by atoms with van der Waals surface area (Å²) in [6.45, 7) is 8.04. The zero-order valence-electron chi connectivity index (χ0n) is 19.6. The zero-order chi connectivity index (χ0) is 22.6. The molecule has 7 nitrogen and oxygen atoms in total. The third kappa shape index (κ3) is 7.35. The second-order valence-corrected chi connectivity index (χ2v) is 7.95. The van der Waals surface area contributed by atoms with Gasteiger partial charge in [0.15, 0.2) is 5.96 Å². The number of imidazole rings is 1. The van der Waals surface area contributed by atoms with Gasteiger partial charge in [-0.25, -0.2) is 9.98 Å². The Morgan fingerprint density at radius 2 is 1.84 bits per heavy atom. The van der Waals surface area contributed by atoms with Gasteiger partial charge in [-0.2, -0.15) is 0 Å². The van der Waals surface area contributed by atoms with E-state index in [-0.39, 0.29) is 0 Å². The number of likely N-dealkylation sites (N-methyl/N-ethyl adjacent to an activating group) is 1. The van der Waals surface area contributed by atoms with Crippen LogP contribution in [-0.4, -0.2) is 67.4 Å². The molecule has 0 spiro atoms. The van der Waals surface area contributed by atoms with Crippen LogP contribution in [0.2, 0.25) is 0 Å². The molecule has 0 atom stereocenters. The molecule has 172 valence electrons. The number of aromatic nitrogens is 2. The molecule has 3 aromatic rings. The van der Waals surface area contributed by atoms with Crippen LogP contribution >= 0.6 is 0 Å². The molecule has 0 saturated heterocycles. The first-order valence-electron chi connectivity index (χ1n) is 11.4. The summed E-state index contributed by atoms with van der Waals surface area (Å²) < 4.78 is 7.30. The van der Waals surface area contributed by atoms with E-state index in [0.717, 1.165) is 62.7 Å². The number of nitrogens with one attached hydrogen (secondary N) is 2. The van der Waals surface area contributed by atoms with Gasteiger partial charge < -0.3 is 24.8 Å². The number of ether oxygens (including phenoxy) is 1. The van der Waals surface area contributed by atoms with Crippen molar-refractivity contribution in [2.24, 2.45) is 4.99 Å². The number of nitrogens with zero attached hydrogens (tertiary/aromatic N) is 4. The maximum atomic E-state index is 5.12. The summed E-state index contributed by atoms with van der Waals surface area (Å²) in [6.07, 6.45) is 2.96. The van der Waals surface area contributed by atoms with E-state index < -0.39 is 0 Å². The van der Waals surface area contributed by atoms with Crippen molar-refractivity contribution in [1.82, 2.24) is 25.1 Å². The van der Waals surface area contributed by atoms with Gasteiger partial charge in [0.05, 0.1) is 23.9 Å². The lowest BCUT2D eigenvalue weighted by Gasteiger charge is -2.18. The molecular formula is C25H36N6O. The quantitative estimate of drug-likeness (QED) is 0.259. The van der Waals surface area contributed by atoms with Crippen LogP contribution in [0, 0.1) is 0 Å². The number of aliphatic imine (C=N–C) groups is 1. The fourth-order valence-electron chi connectivity index (χ4n) is 3.55. The highest BCUT2D eigenvalue weighted by Crippen LogP contribution is 2.14. The molecule has 0 saturated carbocycles. The molecule has 0 aliphatic heterocycles.